The quantitative estimate of drug-likeness (QED) is 0.398. The minimum absolute atomic E-state index is 0.190. The van der Waals surface area contributed by atoms with Crippen molar-refractivity contribution in [2.75, 3.05) is 19.8 Å². The van der Waals surface area contributed by atoms with Crippen LogP contribution >= 0.6 is 0 Å². The molecule has 0 spiro atoms. The van der Waals surface area contributed by atoms with Crippen molar-refractivity contribution in [1.82, 2.24) is 19.9 Å². The molecule has 186 valence electrons. The van der Waals surface area contributed by atoms with Gasteiger partial charge in [0.1, 0.15) is 13.2 Å². The molecule has 0 amide bonds. The lowest BCUT2D eigenvalue weighted by atomic mass is 9.95. The molecular weight excluding hydrogens is 468 g/mol. The van der Waals surface area contributed by atoms with Crippen LogP contribution in [0.1, 0.15) is 11.1 Å². The Kier molecular flexibility index (Phi) is 7.04. The lowest BCUT2D eigenvalue weighted by Gasteiger charge is -2.25. The van der Waals surface area contributed by atoms with Crippen LogP contribution in [-0.4, -0.2) is 40.4 Å². The summed E-state index contributed by atoms with van der Waals surface area (Å²) >= 11 is 0. The molecule has 1 aromatic carbocycles. The number of aryl methyl sites for hydroxylation is 1. The molecule has 1 atom stereocenters. The standard InChI is InChI=1S/C29H26N4O4/c1-3-7-22(4-2)30-13-5-8-20-10-11-24-21(16-20)12-15-33-25(24)17-27(32-29(33)34)35-18-23-19-36-28-26(37-23)9-6-14-31-28/h3-4,6-7,9-11,14,16-17,23,30H,1-2,12-13,15,18-19H2/b22-7+. The molecule has 1 N–H and O–H groups in total. The molecule has 0 fully saturated rings. The summed E-state index contributed by atoms with van der Waals surface area (Å²) in [5.41, 5.74) is 4.32. The third-order valence-electron chi connectivity index (χ3n) is 5.96. The first-order valence-electron chi connectivity index (χ1n) is 11.9. The number of nitrogens with one attached hydrogen (secondary N) is 1. The summed E-state index contributed by atoms with van der Waals surface area (Å²) in [6.45, 7) is 8.97. The summed E-state index contributed by atoms with van der Waals surface area (Å²) in [6, 6.07) is 11.4. The molecule has 2 aliphatic rings. The number of rotatable bonds is 7. The normalized spacial score (nSPS) is 15.4. The van der Waals surface area contributed by atoms with E-state index in [0.29, 0.717) is 31.3 Å². The molecule has 0 saturated heterocycles. The second-order valence-corrected chi connectivity index (χ2v) is 8.42. The summed E-state index contributed by atoms with van der Waals surface area (Å²) in [7, 11) is 0. The Hall–Kier alpha value is -4.77. The van der Waals surface area contributed by atoms with Crippen LogP contribution in [0.15, 0.2) is 84.5 Å². The van der Waals surface area contributed by atoms with Gasteiger partial charge in [0, 0.05) is 35.6 Å². The number of fused-ring (bicyclic) bond motifs is 4. The Bertz CT molecular complexity index is 1500. The highest BCUT2D eigenvalue weighted by molar-refractivity contribution is 5.68. The van der Waals surface area contributed by atoms with Gasteiger partial charge in [0.05, 0.1) is 12.2 Å². The smallest absolute Gasteiger partial charge is 0.351 e. The van der Waals surface area contributed by atoms with Crippen molar-refractivity contribution >= 4 is 0 Å². The van der Waals surface area contributed by atoms with Crippen molar-refractivity contribution in [2.45, 2.75) is 19.1 Å². The van der Waals surface area contributed by atoms with Gasteiger partial charge in [-0.3, -0.25) is 4.57 Å². The Morgan fingerprint density at radius 1 is 1.30 bits per heavy atom. The zero-order chi connectivity index (χ0) is 25.6. The molecule has 5 rings (SSSR count). The van der Waals surface area contributed by atoms with Gasteiger partial charge in [-0.05, 0) is 48.4 Å². The predicted molar refractivity (Wildman–Crippen MR) is 141 cm³/mol. The van der Waals surface area contributed by atoms with Crippen LogP contribution < -0.4 is 25.2 Å². The molecule has 8 nitrogen and oxygen atoms in total. The summed E-state index contributed by atoms with van der Waals surface area (Å²) < 4.78 is 19.1. The van der Waals surface area contributed by atoms with Crippen LogP contribution in [0.3, 0.4) is 0 Å². The van der Waals surface area contributed by atoms with E-state index in [2.05, 4.69) is 46.3 Å². The van der Waals surface area contributed by atoms with Crippen LogP contribution in [0.5, 0.6) is 17.5 Å². The van der Waals surface area contributed by atoms with E-state index in [4.69, 9.17) is 14.2 Å². The maximum Gasteiger partial charge on any atom is 0.351 e. The molecule has 2 aliphatic heterocycles. The molecule has 4 heterocycles. The second-order valence-electron chi connectivity index (χ2n) is 8.42. The van der Waals surface area contributed by atoms with E-state index in [9.17, 15) is 4.79 Å². The molecule has 0 radical (unpaired) electrons. The van der Waals surface area contributed by atoms with Crippen molar-refractivity contribution in [3.8, 4) is 40.6 Å². The van der Waals surface area contributed by atoms with Crippen LogP contribution in [0, 0.1) is 11.8 Å². The summed E-state index contributed by atoms with van der Waals surface area (Å²) in [5.74, 6) is 7.61. The van der Waals surface area contributed by atoms with Crippen molar-refractivity contribution in [2.24, 2.45) is 0 Å². The Morgan fingerprint density at radius 2 is 2.22 bits per heavy atom. The van der Waals surface area contributed by atoms with Crippen LogP contribution in [0.4, 0.5) is 0 Å². The zero-order valence-electron chi connectivity index (χ0n) is 20.3. The Balaban J connectivity index is 1.29. The highest BCUT2D eigenvalue weighted by Gasteiger charge is 2.24. The first-order chi connectivity index (χ1) is 18.1. The van der Waals surface area contributed by atoms with E-state index >= 15 is 0 Å². The van der Waals surface area contributed by atoms with E-state index in [1.807, 2.05) is 18.2 Å². The molecule has 0 saturated carbocycles. The maximum absolute atomic E-state index is 12.7. The van der Waals surface area contributed by atoms with Gasteiger partial charge in [-0.15, -0.1) is 0 Å². The molecule has 3 aromatic rings. The van der Waals surface area contributed by atoms with E-state index in [-0.39, 0.29) is 24.3 Å². The number of ether oxygens (including phenoxy) is 3. The molecule has 37 heavy (non-hydrogen) atoms. The van der Waals surface area contributed by atoms with Gasteiger partial charge in [-0.25, -0.2) is 9.78 Å². The fraction of sp³-hybridized carbons (Fsp3) is 0.207. The van der Waals surface area contributed by atoms with Crippen molar-refractivity contribution in [1.29, 1.82) is 0 Å². The van der Waals surface area contributed by atoms with E-state index in [1.54, 1.807) is 41.1 Å². The molecular formula is C29H26N4O4. The molecule has 8 heteroatoms. The first kappa shape index (κ1) is 23.9. The zero-order valence-corrected chi connectivity index (χ0v) is 20.3. The van der Waals surface area contributed by atoms with Gasteiger partial charge >= 0.3 is 5.69 Å². The molecule has 2 aromatic heterocycles. The number of pyridine rings is 1. The number of nitrogens with zero attached hydrogens (tertiary/aromatic N) is 3. The molecule has 1 unspecified atom stereocenters. The van der Waals surface area contributed by atoms with Crippen LogP contribution in [-0.2, 0) is 13.0 Å². The Morgan fingerprint density at radius 3 is 3.08 bits per heavy atom. The Labute approximate surface area is 214 Å². The number of allylic oxidation sites excluding steroid dienone is 3. The van der Waals surface area contributed by atoms with Gasteiger partial charge in [0.25, 0.3) is 5.88 Å². The van der Waals surface area contributed by atoms with E-state index in [0.717, 1.165) is 34.5 Å². The SMILES string of the molecule is C=C/C=C(\C=C)NCC#Cc1ccc2c(c1)CCn1c-2cc(OCC2COc3ncccc3O2)nc1=O. The third kappa shape index (κ3) is 5.41. The summed E-state index contributed by atoms with van der Waals surface area (Å²) in [5, 5.41) is 3.19. The first-order valence-corrected chi connectivity index (χ1v) is 11.9. The van der Waals surface area contributed by atoms with Gasteiger partial charge in [0.2, 0.25) is 5.88 Å². The predicted octanol–water partition coefficient (Wildman–Crippen LogP) is 3.28. The lowest BCUT2D eigenvalue weighted by molar-refractivity contribution is 0.0486. The average molecular weight is 495 g/mol. The fourth-order valence-electron chi connectivity index (χ4n) is 4.20. The maximum atomic E-state index is 12.7. The van der Waals surface area contributed by atoms with Gasteiger partial charge in [0.15, 0.2) is 11.9 Å². The topological polar surface area (TPSA) is 87.5 Å². The minimum Gasteiger partial charge on any atom is -0.478 e. The molecule has 0 bridgehead atoms. The number of benzene rings is 1. The summed E-state index contributed by atoms with van der Waals surface area (Å²) in [6.07, 6.45) is 7.30. The van der Waals surface area contributed by atoms with E-state index in [1.165, 1.54) is 0 Å². The van der Waals surface area contributed by atoms with Crippen molar-refractivity contribution < 1.29 is 14.2 Å². The van der Waals surface area contributed by atoms with E-state index < -0.39 is 0 Å². The summed E-state index contributed by atoms with van der Waals surface area (Å²) in [4.78, 5) is 21.0. The highest BCUT2D eigenvalue weighted by Crippen LogP contribution is 2.31. The van der Waals surface area contributed by atoms with Gasteiger partial charge in [-0.2, -0.15) is 4.98 Å². The van der Waals surface area contributed by atoms with Crippen LogP contribution in [0.2, 0.25) is 0 Å². The van der Waals surface area contributed by atoms with Crippen molar-refractivity contribution in [3.05, 3.63) is 101 Å². The minimum atomic E-state index is -0.339. The number of hydrogen-bond donors (Lipinski definition) is 1. The largest absolute Gasteiger partial charge is 0.478 e. The number of aromatic nitrogens is 3. The fourth-order valence-corrected chi connectivity index (χ4v) is 4.20. The van der Waals surface area contributed by atoms with Crippen LogP contribution in [0.25, 0.3) is 11.3 Å². The van der Waals surface area contributed by atoms with Gasteiger partial charge in [-0.1, -0.05) is 37.1 Å². The molecule has 0 aliphatic carbocycles. The second kappa shape index (κ2) is 10.9. The van der Waals surface area contributed by atoms with Crippen molar-refractivity contribution in [3.63, 3.8) is 0 Å². The average Bonchev–Trinajstić information content (AvgIpc) is 2.93. The monoisotopic (exact) mass is 494 g/mol. The highest BCUT2D eigenvalue weighted by atomic mass is 16.6. The van der Waals surface area contributed by atoms with Gasteiger partial charge < -0.3 is 19.5 Å². The third-order valence-corrected chi connectivity index (χ3v) is 5.96. The number of hydrogen-bond acceptors (Lipinski definition) is 7. The lowest BCUT2D eigenvalue weighted by Crippen LogP contribution is -2.35.